The van der Waals surface area contributed by atoms with E-state index in [0.29, 0.717) is 43.2 Å². The van der Waals surface area contributed by atoms with Crippen LogP contribution in [0.4, 0.5) is 5.82 Å². The Balaban J connectivity index is 1.29. The van der Waals surface area contributed by atoms with E-state index in [1.165, 1.54) is 0 Å². The third-order valence-corrected chi connectivity index (χ3v) is 10.7. The average molecular weight is 650 g/mol. The summed E-state index contributed by atoms with van der Waals surface area (Å²) in [6, 6.07) is 5.98. The number of amides is 2. The molecule has 1 atom stereocenters. The smallest absolute Gasteiger partial charge is 0.270 e. The Kier molecular flexibility index (Phi) is 11.1. The molecule has 1 unspecified atom stereocenters. The molecule has 46 heavy (non-hydrogen) atoms. The first kappa shape index (κ1) is 34.0. The Morgan fingerprint density at radius 2 is 1.80 bits per heavy atom. The summed E-state index contributed by atoms with van der Waals surface area (Å²) in [4.78, 5) is 32.1. The van der Waals surface area contributed by atoms with E-state index >= 15 is 0 Å². The van der Waals surface area contributed by atoms with Gasteiger partial charge >= 0.3 is 0 Å². The highest BCUT2D eigenvalue weighted by Crippen LogP contribution is 2.51. The highest BCUT2D eigenvalue weighted by Gasteiger charge is 2.48. The molecule has 2 N–H and O–H groups in total. The van der Waals surface area contributed by atoms with E-state index < -0.39 is 14.1 Å². The number of rotatable bonds is 18. The fourth-order valence-corrected chi connectivity index (χ4v) is 7.08. The third-order valence-electron chi connectivity index (χ3n) is 9.04. The van der Waals surface area contributed by atoms with Gasteiger partial charge < -0.3 is 20.1 Å². The van der Waals surface area contributed by atoms with Crippen LogP contribution in [-0.4, -0.2) is 70.8 Å². The van der Waals surface area contributed by atoms with Crippen molar-refractivity contribution < 1.29 is 19.1 Å². The molecule has 0 radical (unpaired) electrons. The molecule has 2 aliphatic rings. The highest BCUT2D eigenvalue weighted by atomic mass is 28.3. The molecule has 0 bridgehead atoms. The van der Waals surface area contributed by atoms with Crippen LogP contribution < -0.4 is 10.6 Å². The van der Waals surface area contributed by atoms with Crippen LogP contribution in [0.2, 0.25) is 25.7 Å². The van der Waals surface area contributed by atoms with Crippen LogP contribution in [0.3, 0.4) is 0 Å². The molecule has 0 saturated heterocycles. The summed E-state index contributed by atoms with van der Waals surface area (Å²) in [5.74, 6) is 0.974. The Labute approximate surface area is 273 Å². The van der Waals surface area contributed by atoms with Crippen molar-refractivity contribution in [3.8, 4) is 11.1 Å². The summed E-state index contributed by atoms with van der Waals surface area (Å²) in [7, 11) is 0.494. The zero-order valence-electron chi connectivity index (χ0n) is 28.3. The van der Waals surface area contributed by atoms with E-state index in [1.807, 2.05) is 23.7 Å². The molecular formula is C34H51N7O4Si. The minimum Gasteiger partial charge on any atom is -0.385 e. The number of nitrogens with zero attached hydrogens (tertiary/aromatic N) is 5. The maximum Gasteiger partial charge on any atom is 0.270 e. The van der Waals surface area contributed by atoms with Gasteiger partial charge in [-0.15, -0.1) is 0 Å². The number of hydrogen-bond donors (Lipinski definition) is 2. The molecule has 2 saturated carbocycles. The normalized spacial score (nSPS) is 15.7. The first-order valence-corrected chi connectivity index (χ1v) is 20.5. The quantitative estimate of drug-likeness (QED) is 0.137. The predicted octanol–water partition coefficient (Wildman–Crippen LogP) is 5.53. The minimum atomic E-state index is -1.16. The molecule has 5 rings (SSSR count). The molecule has 2 amide bonds. The van der Waals surface area contributed by atoms with Crippen molar-refractivity contribution in [2.45, 2.75) is 97.4 Å². The number of pyridine rings is 1. The Morgan fingerprint density at radius 1 is 1.07 bits per heavy atom. The number of hydrogen-bond acceptors (Lipinski definition) is 7. The number of ether oxygens (including phenoxy) is 2. The summed E-state index contributed by atoms with van der Waals surface area (Å²) in [6.07, 6.45) is 9.35. The van der Waals surface area contributed by atoms with E-state index in [9.17, 15) is 9.59 Å². The highest BCUT2D eigenvalue weighted by molar-refractivity contribution is 6.76. The Hall–Kier alpha value is -3.35. The van der Waals surface area contributed by atoms with Crippen LogP contribution in [-0.2, 0) is 34.0 Å². The lowest BCUT2D eigenvalue weighted by molar-refractivity contribution is -0.119. The van der Waals surface area contributed by atoms with Crippen LogP contribution in [0.5, 0.6) is 0 Å². The van der Waals surface area contributed by atoms with Crippen LogP contribution in [0.25, 0.3) is 11.1 Å². The number of carbonyl (C=O) groups is 2. The van der Waals surface area contributed by atoms with Gasteiger partial charge in [0.05, 0.1) is 5.69 Å². The second kappa shape index (κ2) is 15.0. The molecule has 0 aromatic carbocycles. The van der Waals surface area contributed by atoms with Gasteiger partial charge in [0.15, 0.2) is 0 Å². The second-order valence-corrected chi connectivity index (χ2v) is 19.6. The molecule has 0 spiro atoms. The fraction of sp³-hybridized carbons (Fsp3) is 0.618. The van der Waals surface area contributed by atoms with E-state index in [2.05, 4.69) is 47.3 Å². The lowest BCUT2D eigenvalue weighted by Crippen LogP contribution is -2.50. The monoisotopic (exact) mass is 649 g/mol. The summed E-state index contributed by atoms with van der Waals surface area (Å²) in [5, 5.41) is 15.2. The largest absolute Gasteiger partial charge is 0.385 e. The molecule has 3 heterocycles. The number of aromatic nitrogens is 5. The SMILES string of the molecule is CCc1c(-c2ccc(NC(=O)C(NC(=O)c3ccnn3CCCOC)C(C3CC3)C3CC3)nc2)c(C)nn1COCC[Si](C)(C)C. The summed E-state index contributed by atoms with van der Waals surface area (Å²) in [6.45, 7) is 13.5. The summed E-state index contributed by atoms with van der Waals surface area (Å²) < 4.78 is 14.8. The number of nitrogens with one attached hydrogen (secondary N) is 2. The van der Waals surface area contributed by atoms with Gasteiger partial charge in [-0.2, -0.15) is 10.2 Å². The van der Waals surface area contributed by atoms with Crippen molar-refractivity contribution >= 4 is 25.7 Å². The maximum absolute atomic E-state index is 13.9. The standard InChI is InChI=1S/C34H51N7O4Si/c1-7-27-30(23(2)39-41(27)22-45-19-20-46(4,5)6)26-13-14-29(35-21-26)37-34(43)32(31(24-9-10-24)25-11-12-25)38-33(42)28-15-16-36-40(28)17-8-18-44-3/h13-16,21,24-25,31-32H,7-12,17-20,22H2,1-6H3,(H,38,42)(H,35,37,43). The Bertz CT molecular complexity index is 1460. The van der Waals surface area contributed by atoms with Crippen LogP contribution in [0.15, 0.2) is 30.6 Å². The molecule has 11 nitrogen and oxygen atoms in total. The first-order valence-electron chi connectivity index (χ1n) is 16.8. The van der Waals surface area contributed by atoms with Crippen LogP contribution in [0, 0.1) is 24.7 Å². The van der Waals surface area contributed by atoms with E-state index in [-0.39, 0.29) is 17.7 Å². The predicted molar refractivity (Wildman–Crippen MR) is 181 cm³/mol. The van der Waals surface area contributed by atoms with Gasteiger partial charge in [-0.1, -0.05) is 26.6 Å². The van der Waals surface area contributed by atoms with E-state index in [0.717, 1.165) is 73.7 Å². The molecule has 2 fully saturated rings. The zero-order valence-corrected chi connectivity index (χ0v) is 29.3. The van der Waals surface area contributed by atoms with Crippen molar-refractivity contribution in [1.29, 1.82) is 0 Å². The first-order chi connectivity index (χ1) is 22.1. The molecule has 3 aromatic heterocycles. The Morgan fingerprint density at radius 3 is 2.41 bits per heavy atom. The molecule has 250 valence electrons. The minimum absolute atomic E-state index is 0.113. The third kappa shape index (κ3) is 8.71. The molecule has 0 aliphatic heterocycles. The van der Waals surface area contributed by atoms with Crippen molar-refractivity contribution in [3.05, 3.63) is 47.7 Å². The van der Waals surface area contributed by atoms with Gasteiger partial charge in [0, 0.05) is 64.2 Å². The lowest BCUT2D eigenvalue weighted by atomic mass is 9.88. The second-order valence-electron chi connectivity index (χ2n) is 14.0. The van der Waals surface area contributed by atoms with Crippen LogP contribution in [0.1, 0.15) is 60.9 Å². The van der Waals surface area contributed by atoms with Crippen LogP contribution >= 0.6 is 0 Å². The zero-order chi connectivity index (χ0) is 32.8. The van der Waals surface area contributed by atoms with Gasteiger partial charge in [-0.25, -0.2) is 9.67 Å². The van der Waals surface area contributed by atoms with Gasteiger partial charge in [0.2, 0.25) is 5.91 Å². The molecular weight excluding hydrogens is 599 g/mol. The molecule has 3 aromatic rings. The van der Waals surface area contributed by atoms with Crippen molar-refractivity contribution in [2.24, 2.45) is 17.8 Å². The van der Waals surface area contributed by atoms with Crippen molar-refractivity contribution in [1.82, 2.24) is 29.9 Å². The molecule has 2 aliphatic carbocycles. The number of anilines is 1. The summed E-state index contributed by atoms with van der Waals surface area (Å²) >= 11 is 0. The number of carbonyl (C=O) groups excluding carboxylic acids is 2. The van der Waals surface area contributed by atoms with Gasteiger partial charge in [-0.05, 0) is 87.4 Å². The fourth-order valence-electron chi connectivity index (χ4n) is 6.33. The van der Waals surface area contributed by atoms with Crippen molar-refractivity contribution in [3.63, 3.8) is 0 Å². The average Bonchev–Trinajstić information content (AvgIpc) is 3.95. The van der Waals surface area contributed by atoms with E-state index in [4.69, 9.17) is 14.6 Å². The van der Waals surface area contributed by atoms with Gasteiger partial charge in [0.25, 0.3) is 5.91 Å². The lowest BCUT2D eigenvalue weighted by Gasteiger charge is -2.27. The molecule has 12 heteroatoms. The number of methoxy groups -OCH3 is 1. The topological polar surface area (TPSA) is 125 Å². The van der Waals surface area contributed by atoms with Gasteiger partial charge in [0.1, 0.15) is 24.3 Å². The maximum atomic E-state index is 13.9. The van der Waals surface area contributed by atoms with Gasteiger partial charge in [-0.3, -0.25) is 14.3 Å². The van der Waals surface area contributed by atoms with Crippen molar-refractivity contribution in [2.75, 3.05) is 25.6 Å². The number of aryl methyl sites for hydroxylation is 2. The van der Waals surface area contributed by atoms with E-state index in [1.54, 1.807) is 30.3 Å². The summed E-state index contributed by atoms with van der Waals surface area (Å²) in [5.41, 5.74) is 4.47.